The number of nitrogens with one attached hydrogen (secondary N) is 1. The number of pyridine rings is 1. The minimum atomic E-state index is -2.91. The molecule has 0 bridgehead atoms. The lowest BCUT2D eigenvalue weighted by atomic mass is 10.0. The van der Waals surface area contributed by atoms with E-state index in [0.29, 0.717) is 58.5 Å². The van der Waals surface area contributed by atoms with Gasteiger partial charge in [0.15, 0.2) is 5.78 Å². The highest BCUT2D eigenvalue weighted by atomic mass is 19.3. The van der Waals surface area contributed by atoms with Crippen LogP contribution < -0.4 is 5.32 Å². The summed E-state index contributed by atoms with van der Waals surface area (Å²) < 4.78 is 47.4. The van der Waals surface area contributed by atoms with Crippen LogP contribution in [-0.2, 0) is 17.9 Å². The molecule has 0 atom stereocenters. The second kappa shape index (κ2) is 9.14. The first-order valence-corrected chi connectivity index (χ1v) is 13.5. The standard InChI is InChI=1S/C29H27F3N6O2/c30-19-11-18-15-36(28(40)37-7-4-2-6-29(31,32)17-37)10-9-35-16-21(20(12-19)27(18)35)26-25(23(39)14-34-26)22-13-33-24-5-1-3-8-38(22)24/h1,3,5,8,11-13,16,34H,2,4,6-7,9-10,14-15,17H2. The number of benzene rings is 1. The summed E-state index contributed by atoms with van der Waals surface area (Å²) in [6.07, 6.45) is 6.07. The fourth-order valence-electron chi connectivity index (χ4n) is 6.25. The van der Waals surface area contributed by atoms with E-state index in [1.165, 1.54) is 21.9 Å². The van der Waals surface area contributed by atoms with Crippen LogP contribution in [0.3, 0.4) is 0 Å². The maximum Gasteiger partial charge on any atom is 0.320 e. The fraction of sp³-hybridized carbons (Fsp3) is 0.345. The highest BCUT2D eigenvalue weighted by Crippen LogP contribution is 2.37. The van der Waals surface area contributed by atoms with Crippen molar-refractivity contribution in [2.45, 2.75) is 38.3 Å². The number of halogens is 3. The van der Waals surface area contributed by atoms with Gasteiger partial charge in [-0.3, -0.25) is 9.20 Å². The van der Waals surface area contributed by atoms with Crippen molar-refractivity contribution in [3.05, 3.63) is 71.6 Å². The molecular weight excluding hydrogens is 521 g/mol. The number of urea groups is 1. The van der Waals surface area contributed by atoms with Gasteiger partial charge in [-0.05, 0) is 42.7 Å². The van der Waals surface area contributed by atoms with Gasteiger partial charge in [-0.15, -0.1) is 0 Å². The van der Waals surface area contributed by atoms with E-state index in [9.17, 15) is 18.4 Å². The van der Waals surface area contributed by atoms with Gasteiger partial charge in [0.25, 0.3) is 5.92 Å². The molecule has 0 radical (unpaired) electrons. The average molecular weight is 549 g/mol. The number of likely N-dealkylation sites (tertiary alicyclic amines) is 1. The Morgan fingerprint density at radius 1 is 1.07 bits per heavy atom. The molecule has 11 heteroatoms. The number of rotatable bonds is 2. The highest BCUT2D eigenvalue weighted by Gasteiger charge is 2.37. The second-order valence-corrected chi connectivity index (χ2v) is 10.7. The summed E-state index contributed by atoms with van der Waals surface area (Å²) in [4.78, 5) is 33.7. The molecular formula is C29H27F3N6O2. The number of hydrogen-bond donors (Lipinski definition) is 1. The van der Waals surface area contributed by atoms with Crippen LogP contribution in [-0.4, -0.2) is 67.7 Å². The molecule has 1 fully saturated rings. The Morgan fingerprint density at radius 2 is 1.95 bits per heavy atom. The molecule has 40 heavy (non-hydrogen) atoms. The number of imidazole rings is 1. The van der Waals surface area contributed by atoms with E-state index in [2.05, 4.69) is 10.3 Å². The highest BCUT2D eigenvalue weighted by molar-refractivity contribution is 6.32. The van der Waals surface area contributed by atoms with Crippen LogP contribution in [0.1, 0.15) is 36.1 Å². The topological polar surface area (TPSA) is 74.9 Å². The second-order valence-electron chi connectivity index (χ2n) is 10.7. The van der Waals surface area contributed by atoms with E-state index in [-0.39, 0.29) is 38.4 Å². The fourth-order valence-corrected chi connectivity index (χ4v) is 6.25. The van der Waals surface area contributed by atoms with Crippen LogP contribution in [0.25, 0.3) is 27.8 Å². The van der Waals surface area contributed by atoms with E-state index >= 15 is 4.39 Å². The monoisotopic (exact) mass is 548 g/mol. The summed E-state index contributed by atoms with van der Waals surface area (Å²) in [7, 11) is 0. The molecule has 1 N–H and O–H groups in total. The van der Waals surface area contributed by atoms with Gasteiger partial charge in [0.1, 0.15) is 11.5 Å². The molecule has 2 amide bonds. The molecule has 1 saturated heterocycles. The molecule has 3 aliphatic heterocycles. The van der Waals surface area contributed by atoms with Gasteiger partial charge in [0, 0.05) is 55.9 Å². The number of nitrogens with zero attached hydrogens (tertiary/aromatic N) is 5. The first-order valence-electron chi connectivity index (χ1n) is 13.5. The number of fused-ring (bicyclic) bond motifs is 1. The van der Waals surface area contributed by atoms with Crippen molar-refractivity contribution in [1.29, 1.82) is 0 Å². The van der Waals surface area contributed by atoms with Crippen molar-refractivity contribution >= 4 is 39.6 Å². The first-order chi connectivity index (χ1) is 19.3. The number of Topliss-reactive ketones (excluding diaryl/α,β-unsaturated/α-hetero) is 1. The zero-order chi connectivity index (χ0) is 27.6. The van der Waals surface area contributed by atoms with E-state index in [0.717, 1.165) is 5.52 Å². The summed E-state index contributed by atoms with van der Waals surface area (Å²) in [6, 6.07) is 7.99. The number of amides is 2. The van der Waals surface area contributed by atoms with Gasteiger partial charge in [0.2, 0.25) is 0 Å². The minimum absolute atomic E-state index is 0.0868. The van der Waals surface area contributed by atoms with Crippen LogP contribution in [0, 0.1) is 5.82 Å². The number of ketones is 1. The summed E-state index contributed by atoms with van der Waals surface area (Å²) in [5.41, 5.74) is 4.50. The summed E-state index contributed by atoms with van der Waals surface area (Å²) >= 11 is 0. The zero-order valence-corrected chi connectivity index (χ0v) is 21.7. The van der Waals surface area contributed by atoms with Crippen LogP contribution in [0.15, 0.2) is 48.9 Å². The van der Waals surface area contributed by atoms with Crippen LogP contribution in [0.5, 0.6) is 0 Å². The van der Waals surface area contributed by atoms with Crippen molar-refractivity contribution in [2.24, 2.45) is 0 Å². The molecule has 0 spiro atoms. The Balaban J connectivity index is 1.30. The van der Waals surface area contributed by atoms with Gasteiger partial charge in [-0.2, -0.15) is 0 Å². The Morgan fingerprint density at radius 3 is 2.83 bits per heavy atom. The van der Waals surface area contributed by atoms with Crippen molar-refractivity contribution < 1.29 is 22.8 Å². The molecule has 206 valence electrons. The van der Waals surface area contributed by atoms with Gasteiger partial charge in [-0.1, -0.05) is 6.07 Å². The molecule has 4 aromatic rings. The zero-order valence-electron chi connectivity index (χ0n) is 21.7. The Hall–Kier alpha value is -4.28. The Bertz CT molecular complexity index is 1720. The number of carbonyl (C=O) groups is 2. The average Bonchev–Trinajstić information content (AvgIpc) is 3.54. The van der Waals surface area contributed by atoms with E-state index < -0.39 is 24.3 Å². The molecule has 7 rings (SSSR count). The minimum Gasteiger partial charge on any atom is -0.376 e. The molecule has 1 aromatic carbocycles. The summed E-state index contributed by atoms with van der Waals surface area (Å²) in [5.74, 6) is -3.47. The van der Waals surface area contributed by atoms with Gasteiger partial charge < -0.3 is 19.7 Å². The van der Waals surface area contributed by atoms with Crippen molar-refractivity contribution in [2.75, 3.05) is 26.2 Å². The quantitative estimate of drug-likeness (QED) is 0.400. The molecule has 0 saturated carbocycles. The molecule has 3 aliphatic rings. The predicted octanol–water partition coefficient (Wildman–Crippen LogP) is 4.53. The molecule has 3 aromatic heterocycles. The smallest absolute Gasteiger partial charge is 0.320 e. The van der Waals surface area contributed by atoms with Crippen molar-refractivity contribution in [3.63, 3.8) is 0 Å². The van der Waals surface area contributed by atoms with E-state index in [4.69, 9.17) is 0 Å². The normalized spacial score (nSPS) is 19.3. The molecule has 6 heterocycles. The molecule has 8 nitrogen and oxygen atoms in total. The summed E-state index contributed by atoms with van der Waals surface area (Å²) in [6.45, 7) is 0.576. The van der Waals surface area contributed by atoms with Gasteiger partial charge in [0.05, 0.1) is 41.8 Å². The number of aromatic nitrogens is 3. The van der Waals surface area contributed by atoms with E-state index in [1.54, 1.807) is 6.20 Å². The Kier molecular flexibility index (Phi) is 5.65. The first kappa shape index (κ1) is 24.7. The number of hydrogen-bond acceptors (Lipinski definition) is 4. The predicted molar refractivity (Wildman–Crippen MR) is 143 cm³/mol. The number of carbonyl (C=O) groups excluding carboxylic acids is 2. The van der Waals surface area contributed by atoms with Crippen molar-refractivity contribution in [3.8, 4) is 0 Å². The van der Waals surface area contributed by atoms with Gasteiger partial charge >= 0.3 is 6.03 Å². The SMILES string of the molecule is O=C1CNC(c2cn3c4c(cc(F)cc24)CN(C(=O)N2CCCCC(F)(F)C2)CC3)=C1c1cnc2ccccn12. The van der Waals surface area contributed by atoms with Crippen LogP contribution in [0.2, 0.25) is 0 Å². The van der Waals surface area contributed by atoms with Crippen LogP contribution >= 0.6 is 0 Å². The lowest BCUT2D eigenvalue weighted by Crippen LogP contribution is -2.47. The third-order valence-electron chi connectivity index (χ3n) is 8.07. The number of alkyl halides is 2. The molecule has 0 unspecified atom stereocenters. The lowest BCUT2D eigenvalue weighted by Gasteiger charge is -2.30. The maximum absolute atomic E-state index is 15.1. The summed E-state index contributed by atoms with van der Waals surface area (Å²) in [5, 5.41) is 3.84. The largest absolute Gasteiger partial charge is 0.376 e. The maximum atomic E-state index is 15.1. The third kappa shape index (κ3) is 4.02. The van der Waals surface area contributed by atoms with Gasteiger partial charge in [-0.25, -0.2) is 22.9 Å². The molecule has 0 aliphatic carbocycles. The van der Waals surface area contributed by atoms with Crippen LogP contribution in [0.4, 0.5) is 18.0 Å². The Labute approximate surface area is 227 Å². The van der Waals surface area contributed by atoms with E-state index in [1.807, 2.05) is 39.6 Å². The third-order valence-corrected chi connectivity index (χ3v) is 8.07. The van der Waals surface area contributed by atoms with Crippen molar-refractivity contribution in [1.82, 2.24) is 29.1 Å². The lowest BCUT2D eigenvalue weighted by molar-refractivity contribution is -0.112.